The molecule has 2 saturated heterocycles. The molecule has 32 heavy (non-hydrogen) atoms. The van der Waals surface area contributed by atoms with Gasteiger partial charge in [0.15, 0.2) is 6.10 Å². The van der Waals surface area contributed by atoms with Crippen molar-refractivity contribution >= 4 is 28.3 Å². The summed E-state index contributed by atoms with van der Waals surface area (Å²) in [5, 5.41) is 18.3. The summed E-state index contributed by atoms with van der Waals surface area (Å²) in [6, 6.07) is 0. The van der Waals surface area contributed by atoms with Crippen molar-refractivity contribution in [1.82, 2.24) is 14.9 Å². The first-order valence-electron chi connectivity index (χ1n) is 10.8. The third-order valence-electron chi connectivity index (χ3n) is 6.54. The van der Waals surface area contributed by atoms with Crippen molar-refractivity contribution in [3.05, 3.63) is 12.4 Å². The molecule has 0 spiro atoms. The average molecular weight is 469 g/mol. The van der Waals surface area contributed by atoms with Crippen LogP contribution in [0.2, 0.25) is 0 Å². The summed E-state index contributed by atoms with van der Waals surface area (Å²) < 4.78 is 37.4. The van der Waals surface area contributed by atoms with E-state index in [0.29, 0.717) is 31.4 Å². The average Bonchev–Trinajstić information content (AvgIpc) is 2.98. The van der Waals surface area contributed by atoms with Crippen molar-refractivity contribution in [2.45, 2.75) is 69.4 Å². The zero-order valence-corrected chi connectivity index (χ0v) is 19.8. The highest BCUT2D eigenvalue weighted by atomic mass is 32.2. The van der Waals surface area contributed by atoms with E-state index in [1.807, 2.05) is 27.7 Å². The predicted octanol–water partition coefficient (Wildman–Crippen LogP) is -0.469. The number of piperidine rings is 1. The Hall–Kier alpha value is -1.60. The Labute approximate surface area is 189 Å². The van der Waals surface area contributed by atoms with E-state index in [4.69, 9.17) is 14.4 Å². The minimum atomic E-state index is -3.70. The summed E-state index contributed by atoms with van der Waals surface area (Å²) in [6.45, 7) is 7.92. The number of rotatable bonds is 7. The van der Waals surface area contributed by atoms with Crippen LogP contribution in [0.1, 0.15) is 47.0 Å². The molecule has 12 heteroatoms. The van der Waals surface area contributed by atoms with Crippen molar-refractivity contribution in [1.29, 1.82) is 0 Å². The Morgan fingerprint density at radius 3 is 2.41 bits per heavy atom. The number of sulfone groups is 1. The van der Waals surface area contributed by atoms with Crippen LogP contribution in [0.15, 0.2) is 17.6 Å². The van der Waals surface area contributed by atoms with Gasteiger partial charge in [0, 0.05) is 30.9 Å². The van der Waals surface area contributed by atoms with E-state index in [0.717, 1.165) is 6.42 Å². The molecule has 0 aliphatic carbocycles. The monoisotopic (exact) mass is 469 g/mol. The topological polar surface area (TPSA) is 139 Å². The van der Waals surface area contributed by atoms with Gasteiger partial charge in [-0.15, -0.1) is 0 Å². The SMILES string of the molecule is CC1(C)OB(c2cnc(S(=O)(=O)CC[C@H]3CCCN(C(=O)[C@H](O)CO)C3)nc2)OC1(C)C. The van der Waals surface area contributed by atoms with E-state index in [2.05, 4.69) is 9.97 Å². The van der Waals surface area contributed by atoms with E-state index in [1.165, 1.54) is 17.3 Å². The quantitative estimate of drug-likeness (QED) is 0.401. The zero-order valence-electron chi connectivity index (χ0n) is 19.0. The van der Waals surface area contributed by atoms with Gasteiger partial charge in [0.1, 0.15) is 0 Å². The summed E-state index contributed by atoms with van der Waals surface area (Å²) in [4.78, 5) is 21.7. The Balaban J connectivity index is 1.60. The molecule has 1 aromatic heterocycles. The highest BCUT2D eigenvalue weighted by molar-refractivity contribution is 7.91. The van der Waals surface area contributed by atoms with Gasteiger partial charge in [-0.25, -0.2) is 18.4 Å². The van der Waals surface area contributed by atoms with Crippen LogP contribution < -0.4 is 5.46 Å². The number of aliphatic hydroxyl groups is 2. The molecule has 3 rings (SSSR count). The third-order valence-corrected chi connectivity index (χ3v) is 8.08. The van der Waals surface area contributed by atoms with Crippen molar-refractivity contribution in [3.8, 4) is 0 Å². The molecule has 3 heterocycles. The lowest BCUT2D eigenvalue weighted by Crippen LogP contribution is -2.46. The minimum Gasteiger partial charge on any atom is -0.399 e. The zero-order chi connectivity index (χ0) is 23.7. The fourth-order valence-corrected chi connectivity index (χ4v) is 5.04. The number of carbonyl (C=O) groups is 1. The number of likely N-dealkylation sites (tertiary alicyclic amines) is 1. The molecule has 0 saturated carbocycles. The maximum absolute atomic E-state index is 12.7. The van der Waals surface area contributed by atoms with E-state index < -0.39 is 46.8 Å². The smallest absolute Gasteiger partial charge is 0.399 e. The molecule has 10 nitrogen and oxygen atoms in total. The van der Waals surface area contributed by atoms with Crippen LogP contribution in [0, 0.1) is 5.92 Å². The number of amides is 1. The lowest BCUT2D eigenvalue weighted by Gasteiger charge is -2.33. The molecular formula is C20H32BN3O7S. The van der Waals surface area contributed by atoms with Crippen LogP contribution in [0.25, 0.3) is 0 Å². The second kappa shape index (κ2) is 9.34. The number of nitrogens with zero attached hydrogens (tertiary/aromatic N) is 3. The number of aliphatic hydroxyl groups excluding tert-OH is 2. The Morgan fingerprint density at radius 1 is 1.25 bits per heavy atom. The van der Waals surface area contributed by atoms with Crippen LogP contribution >= 0.6 is 0 Å². The lowest BCUT2D eigenvalue weighted by molar-refractivity contribution is -0.144. The normalized spacial score (nSPS) is 23.9. The fraction of sp³-hybridized carbons (Fsp3) is 0.750. The van der Waals surface area contributed by atoms with E-state index in [1.54, 1.807) is 0 Å². The standard InChI is InChI=1S/C20H32BN3O7S/c1-19(2)20(3,4)31-21(30-19)15-10-22-18(23-11-15)32(28,29)9-7-14-6-5-8-24(12-14)17(27)16(26)13-25/h10-11,14,16,25-26H,5-9,12-13H2,1-4H3/t14-,16-/m1/s1. The van der Waals surface area contributed by atoms with Gasteiger partial charge in [-0.2, -0.15) is 0 Å². The first kappa shape index (κ1) is 25.0. The lowest BCUT2D eigenvalue weighted by atomic mass is 9.81. The van der Waals surface area contributed by atoms with Crippen molar-refractivity contribution in [2.24, 2.45) is 5.92 Å². The Kier molecular flexibility index (Phi) is 7.31. The van der Waals surface area contributed by atoms with Gasteiger partial charge in [-0.3, -0.25) is 4.79 Å². The molecule has 2 aliphatic rings. The molecule has 2 N–H and O–H groups in total. The van der Waals surface area contributed by atoms with Crippen LogP contribution in [-0.4, -0.2) is 89.3 Å². The van der Waals surface area contributed by atoms with Gasteiger partial charge in [-0.05, 0) is 52.9 Å². The number of hydrogen-bond acceptors (Lipinski definition) is 9. The molecule has 0 aromatic carbocycles. The summed E-state index contributed by atoms with van der Waals surface area (Å²) in [5.41, 5.74) is -0.498. The molecule has 2 aliphatic heterocycles. The molecule has 1 amide bonds. The molecular weight excluding hydrogens is 437 g/mol. The van der Waals surface area contributed by atoms with Crippen LogP contribution in [0.3, 0.4) is 0 Å². The molecule has 1 aromatic rings. The van der Waals surface area contributed by atoms with Crippen LogP contribution in [0.4, 0.5) is 0 Å². The molecule has 2 atom stereocenters. The predicted molar refractivity (Wildman–Crippen MR) is 117 cm³/mol. The molecule has 0 radical (unpaired) electrons. The molecule has 0 bridgehead atoms. The van der Waals surface area contributed by atoms with Gasteiger partial charge in [-0.1, -0.05) is 0 Å². The minimum absolute atomic E-state index is 0.0163. The number of hydrogen-bond donors (Lipinski definition) is 2. The van der Waals surface area contributed by atoms with Crippen molar-refractivity contribution in [3.63, 3.8) is 0 Å². The molecule has 2 fully saturated rings. The van der Waals surface area contributed by atoms with Gasteiger partial charge in [0.2, 0.25) is 15.0 Å². The van der Waals surface area contributed by atoms with Crippen LogP contribution in [0.5, 0.6) is 0 Å². The van der Waals surface area contributed by atoms with Gasteiger partial charge in [0.25, 0.3) is 5.91 Å². The summed E-state index contributed by atoms with van der Waals surface area (Å²) in [5.74, 6) is -0.683. The fourth-order valence-electron chi connectivity index (χ4n) is 3.79. The summed E-state index contributed by atoms with van der Waals surface area (Å²) >= 11 is 0. The van der Waals surface area contributed by atoms with Crippen molar-refractivity contribution in [2.75, 3.05) is 25.4 Å². The first-order valence-corrected chi connectivity index (χ1v) is 12.5. The Morgan fingerprint density at radius 2 is 1.84 bits per heavy atom. The maximum Gasteiger partial charge on any atom is 0.498 e. The van der Waals surface area contributed by atoms with E-state index in [9.17, 15) is 18.3 Å². The van der Waals surface area contributed by atoms with Gasteiger partial charge >= 0.3 is 7.12 Å². The first-order chi connectivity index (χ1) is 14.9. The van der Waals surface area contributed by atoms with E-state index >= 15 is 0 Å². The highest BCUT2D eigenvalue weighted by Crippen LogP contribution is 2.36. The maximum atomic E-state index is 12.7. The second-order valence-electron chi connectivity index (χ2n) is 9.49. The summed E-state index contributed by atoms with van der Waals surface area (Å²) in [7, 11) is -4.37. The van der Waals surface area contributed by atoms with Gasteiger partial charge in [0.05, 0.1) is 23.6 Å². The number of aromatic nitrogens is 2. The molecule has 178 valence electrons. The van der Waals surface area contributed by atoms with Gasteiger partial charge < -0.3 is 24.4 Å². The number of carbonyl (C=O) groups excluding carboxylic acids is 1. The van der Waals surface area contributed by atoms with E-state index in [-0.39, 0.29) is 16.8 Å². The highest BCUT2D eigenvalue weighted by Gasteiger charge is 2.52. The van der Waals surface area contributed by atoms with Crippen LogP contribution in [-0.2, 0) is 23.9 Å². The third kappa shape index (κ3) is 5.31. The second-order valence-corrected chi connectivity index (χ2v) is 11.5. The largest absolute Gasteiger partial charge is 0.498 e. The molecule has 0 unspecified atom stereocenters. The summed E-state index contributed by atoms with van der Waals surface area (Å²) in [6.07, 6.45) is 3.25. The van der Waals surface area contributed by atoms with Crippen molar-refractivity contribution < 1.29 is 32.7 Å². The Bertz CT molecular complexity index is 908.